The smallest absolute Gasteiger partial charge is 0.344 e. The normalized spacial score (nSPS) is 10.3. The number of benzene rings is 1. The number of amides is 1. The molecule has 1 aromatic carbocycles. The van der Waals surface area contributed by atoms with E-state index in [0.717, 1.165) is 16.9 Å². The zero-order valence-corrected chi connectivity index (χ0v) is 12.0. The second kappa shape index (κ2) is 6.23. The molecule has 5 nitrogen and oxygen atoms in total. The molecule has 5 heteroatoms. The molecule has 0 radical (unpaired) electrons. The average molecular weight is 273 g/mol. The molecule has 0 saturated heterocycles. The summed E-state index contributed by atoms with van der Waals surface area (Å²) >= 11 is 0. The first kappa shape index (κ1) is 14.1. The van der Waals surface area contributed by atoms with Crippen molar-refractivity contribution >= 4 is 6.03 Å². The van der Waals surface area contributed by atoms with E-state index in [2.05, 4.69) is 5.10 Å². The van der Waals surface area contributed by atoms with Crippen molar-refractivity contribution in [3.8, 4) is 5.75 Å². The van der Waals surface area contributed by atoms with Crippen molar-refractivity contribution in [2.45, 2.75) is 20.4 Å². The van der Waals surface area contributed by atoms with Crippen LogP contribution in [-0.2, 0) is 6.54 Å². The first-order chi connectivity index (χ1) is 9.63. The number of aromatic nitrogens is 2. The molecule has 0 fully saturated rings. The zero-order chi connectivity index (χ0) is 14.5. The van der Waals surface area contributed by atoms with Gasteiger partial charge in [0.25, 0.3) is 0 Å². The van der Waals surface area contributed by atoms with Crippen LogP contribution in [0, 0.1) is 6.92 Å². The van der Waals surface area contributed by atoms with Gasteiger partial charge in [0.2, 0.25) is 0 Å². The summed E-state index contributed by atoms with van der Waals surface area (Å²) < 4.78 is 6.57. The monoisotopic (exact) mass is 273 g/mol. The lowest BCUT2D eigenvalue weighted by atomic mass is 10.2. The van der Waals surface area contributed by atoms with Crippen molar-refractivity contribution in [1.82, 2.24) is 14.7 Å². The maximum absolute atomic E-state index is 12.3. The van der Waals surface area contributed by atoms with Crippen LogP contribution in [0.5, 0.6) is 5.75 Å². The number of methoxy groups -OCH3 is 1. The van der Waals surface area contributed by atoms with Gasteiger partial charge in [0, 0.05) is 19.3 Å². The second-order valence-corrected chi connectivity index (χ2v) is 4.61. The lowest BCUT2D eigenvalue weighted by molar-refractivity contribution is 0.196. The van der Waals surface area contributed by atoms with Crippen molar-refractivity contribution in [2.24, 2.45) is 0 Å². The molecule has 20 heavy (non-hydrogen) atoms. The van der Waals surface area contributed by atoms with E-state index in [1.54, 1.807) is 24.4 Å². The van der Waals surface area contributed by atoms with Crippen LogP contribution in [0.1, 0.15) is 18.1 Å². The first-order valence-corrected chi connectivity index (χ1v) is 6.57. The van der Waals surface area contributed by atoms with Crippen LogP contribution in [-0.4, -0.2) is 34.4 Å². The van der Waals surface area contributed by atoms with Gasteiger partial charge >= 0.3 is 6.03 Å². The van der Waals surface area contributed by atoms with Crippen molar-refractivity contribution in [1.29, 1.82) is 0 Å². The lowest BCUT2D eigenvalue weighted by Gasteiger charge is -2.20. The van der Waals surface area contributed by atoms with Crippen LogP contribution < -0.4 is 4.74 Å². The molecule has 0 aliphatic heterocycles. The third kappa shape index (κ3) is 3.17. The second-order valence-electron chi connectivity index (χ2n) is 4.61. The Morgan fingerprint density at radius 3 is 2.85 bits per heavy atom. The highest BCUT2D eigenvalue weighted by Gasteiger charge is 2.15. The fraction of sp³-hybridized carbons (Fsp3) is 0.333. The maximum atomic E-state index is 12.3. The summed E-state index contributed by atoms with van der Waals surface area (Å²) in [6, 6.07) is 7.60. The molecule has 1 aromatic heterocycles. The van der Waals surface area contributed by atoms with E-state index in [0.29, 0.717) is 13.1 Å². The number of nitrogens with zero attached hydrogens (tertiary/aromatic N) is 3. The number of hydrogen-bond donors (Lipinski definition) is 0. The Morgan fingerprint density at radius 2 is 2.25 bits per heavy atom. The minimum Gasteiger partial charge on any atom is -0.497 e. The standard InChI is InChI=1S/C15H19N3O2/c1-4-17(15(19)18-10-12(2)9-16-18)11-13-6-5-7-14(8-13)20-3/h5-10H,4,11H2,1-3H3. The molecule has 0 N–H and O–H groups in total. The lowest BCUT2D eigenvalue weighted by Crippen LogP contribution is -2.34. The summed E-state index contributed by atoms with van der Waals surface area (Å²) in [7, 11) is 1.63. The summed E-state index contributed by atoms with van der Waals surface area (Å²) in [4.78, 5) is 14.1. The first-order valence-electron chi connectivity index (χ1n) is 6.57. The SMILES string of the molecule is CCN(Cc1cccc(OC)c1)C(=O)n1cc(C)cn1. The number of ether oxygens (including phenoxy) is 1. The van der Waals surface area contributed by atoms with Crippen molar-refractivity contribution in [3.63, 3.8) is 0 Å². The van der Waals surface area contributed by atoms with Crippen molar-refractivity contribution in [3.05, 3.63) is 47.8 Å². The molecule has 0 aliphatic carbocycles. The Hall–Kier alpha value is -2.30. The molecular weight excluding hydrogens is 254 g/mol. The van der Waals surface area contributed by atoms with E-state index in [9.17, 15) is 4.79 Å². The minimum atomic E-state index is -0.122. The number of hydrogen-bond acceptors (Lipinski definition) is 3. The van der Waals surface area contributed by atoms with Gasteiger partial charge in [0.15, 0.2) is 0 Å². The molecule has 2 rings (SSSR count). The molecule has 0 atom stereocenters. The van der Waals surface area contributed by atoms with Crippen LogP contribution in [0.3, 0.4) is 0 Å². The molecule has 0 saturated carbocycles. The molecule has 0 spiro atoms. The Bertz CT molecular complexity index is 592. The Kier molecular flexibility index (Phi) is 4.40. The highest BCUT2D eigenvalue weighted by molar-refractivity contribution is 5.76. The molecule has 1 heterocycles. The molecular formula is C15H19N3O2. The van der Waals surface area contributed by atoms with Gasteiger partial charge in [0.05, 0.1) is 13.3 Å². The predicted molar refractivity (Wildman–Crippen MR) is 76.8 cm³/mol. The Morgan fingerprint density at radius 1 is 1.45 bits per heavy atom. The quantitative estimate of drug-likeness (QED) is 0.860. The van der Waals surface area contributed by atoms with Gasteiger partial charge in [-0.15, -0.1) is 0 Å². The van der Waals surface area contributed by atoms with Crippen LogP contribution in [0.4, 0.5) is 4.79 Å². The molecule has 1 amide bonds. The largest absolute Gasteiger partial charge is 0.497 e. The third-order valence-corrected chi connectivity index (χ3v) is 3.07. The number of carbonyl (C=O) groups excluding carboxylic acids is 1. The number of rotatable bonds is 4. The Balaban J connectivity index is 2.14. The van der Waals surface area contributed by atoms with Gasteiger partial charge in [-0.3, -0.25) is 0 Å². The van der Waals surface area contributed by atoms with Gasteiger partial charge in [-0.1, -0.05) is 12.1 Å². The predicted octanol–water partition coefficient (Wildman–Crippen LogP) is 2.69. The van der Waals surface area contributed by atoms with Gasteiger partial charge in [-0.05, 0) is 37.1 Å². The summed E-state index contributed by atoms with van der Waals surface area (Å²) in [5.41, 5.74) is 2.00. The van der Waals surface area contributed by atoms with Gasteiger partial charge in [-0.2, -0.15) is 9.78 Å². The summed E-state index contributed by atoms with van der Waals surface area (Å²) in [5.74, 6) is 0.793. The van der Waals surface area contributed by atoms with E-state index >= 15 is 0 Å². The van der Waals surface area contributed by atoms with Crippen LogP contribution in [0.15, 0.2) is 36.7 Å². The highest BCUT2D eigenvalue weighted by Crippen LogP contribution is 2.14. The molecule has 0 unspecified atom stereocenters. The fourth-order valence-corrected chi connectivity index (χ4v) is 1.97. The van der Waals surface area contributed by atoms with E-state index in [4.69, 9.17) is 4.74 Å². The number of aryl methyl sites for hydroxylation is 1. The van der Waals surface area contributed by atoms with Gasteiger partial charge < -0.3 is 9.64 Å². The molecule has 0 bridgehead atoms. The topological polar surface area (TPSA) is 47.4 Å². The van der Waals surface area contributed by atoms with Crippen molar-refractivity contribution < 1.29 is 9.53 Å². The van der Waals surface area contributed by atoms with Crippen LogP contribution in [0.2, 0.25) is 0 Å². The van der Waals surface area contributed by atoms with Crippen LogP contribution in [0.25, 0.3) is 0 Å². The minimum absolute atomic E-state index is 0.122. The molecule has 106 valence electrons. The summed E-state index contributed by atoms with van der Waals surface area (Å²) in [6.45, 7) is 5.02. The van der Waals surface area contributed by atoms with E-state index in [1.807, 2.05) is 38.1 Å². The van der Waals surface area contributed by atoms with Crippen molar-refractivity contribution in [2.75, 3.05) is 13.7 Å². The molecule has 2 aromatic rings. The molecule has 0 aliphatic rings. The summed E-state index contributed by atoms with van der Waals surface area (Å²) in [5, 5.41) is 4.06. The Labute approximate surface area is 118 Å². The average Bonchev–Trinajstić information content (AvgIpc) is 2.91. The van der Waals surface area contributed by atoms with Gasteiger partial charge in [-0.25, -0.2) is 4.79 Å². The summed E-state index contributed by atoms with van der Waals surface area (Å²) in [6.07, 6.45) is 3.41. The zero-order valence-electron chi connectivity index (χ0n) is 12.0. The van der Waals surface area contributed by atoms with Gasteiger partial charge in [0.1, 0.15) is 5.75 Å². The maximum Gasteiger partial charge on any atom is 0.344 e. The highest BCUT2D eigenvalue weighted by atomic mass is 16.5. The third-order valence-electron chi connectivity index (χ3n) is 3.07. The van der Waals surface area contributed by atoms with E-state index in [1.165, 1.54) is 4.68 Å². The van der Waals surface area contributed by atoms with E-state index in [-0.39, 0.29) is 6.03 Å². The van der Waals surface area contributed by atoms with Crippen LogP contribution >= 0.6 is 0 Å². The number of carbonyl (C=O) groups is 1. The fourth-order valence-electron chi connectivity index (χ4n) is 1.97. The van der Waals surface area contributed by atoms with E-state index < -0.39 is 0 Å².